The van der Waals surface area contributed by atoms with Gasteiger partial charge in [0.15, 0.2) is 0 Å². The van der Waals surface area contributed by atoms with Crippen molar-refractivity contribution in [1.82, 2.24) is 9.55 Å². The molecule has 1 unspecified atom stereocenters. The first-order valence-corrected chi connectivity index (χ1v) is 21.5. The molecule has 2 nitrogen and oxygen atoms in total. The SMILES string of the molecule is CC.CC.CCc1cc(CC)cc(-c2cc(F)c(-c3ccc(C4(C)C[C@@H]4CC)c(-c4nccn4-c4c(C(C)C)cc(-c5ccccc5)cc4C(C)C)c3)cc2F)c1. The van der Waals surface area contributed by atoms with E-state index in [0.29, 0.717) is 17.0 Å². The van der Waals surface area contributed by atoms with Crippen LogP contribution in [0.4, 0.5) is 8.78 Å². The molecule has 0 N–H and O–H groups in total. The number of rotatable bonds is 11. The van der Waals surface area contributed by atoms with Crippen LogP contribution in [0, 0.1) is 17.6 Å². The lowest BCUT2D eigenvalue weighted by atomic mass is 9.86. The van der Waals surface area contributed by atoms with Gasteiger partial charge in [0, 0.05) is 29.1 Å². The van der Waals surface area contributed by atoms with Gasteiger partial charge < -0.3 is 0 Å². The summed E-state index contributed by atoms with van der Waals surface area (Å²) in [7, 11) is 0. The van der Waals surface area contributed by atoms with E-state index < -0.39 is 11.6 Å². The summed E-state index contributed by atoms with van der Waals surface area (Å²) in [5, 5.41) is 0. The van der Waals surface area contributed by atoms with Gasteiger partial charge in [0.05, 0.1) is 5.69 Å². The number of benzene rings is 5. The quantitative estimate of drug-likeness (QED) is 0.128. The zero-order valence-corrected chi connectivity index (χ0v) is 36.5. The second kappa shape index (κ2) is 18.6. The predicted molar refractivity (Wildman–Crippen MR) is 241 cm³/mol. The smallest absolute Gasteiger partial charge is 0.144 e. The summed E-state index contributed by atoms with van der Waals surface area (Å²) < 4.78 is 34.7. The largest absolute Gasteiger partial charge is 0.299 e. The van der Waals surface area contributed by atoms with Crippen LogP contribution in [0.5, 0.6) is 0 Å². The summed E-state index contributed by atoms with van der Waals surface area (Å²) in [5.74, 6) is 1.01. The van der Waals surface area contributed by atoms with Gasteiger partial charge in [0.2, 0.25) is 0 Å². The Bertz CT molecular complexity index is 2230. The van der Waals surface area contributed by atoms with Gasteiger partial charge in [-0.1, -0.05) is 150 Å². The van der Waals surface area contributed by atoms with E-state index in [1.165, 1.54) is 39.9 Å². The first kappa shape index (κ1) is 43.3. The van der Waals surface area contributed by atoms with Crippen LogP contribution in [0.1, 0.15) is 136 Å². The molecule has 300 valence electrons. The third-order valence-corrected chi connectivity index (χ3v) is 11.7. The Morgan fingerprint density at radius 2 is 1.21 bits per heavy atom. The number of imidazole rings is 1. The Kier molecular flexibility index (Phi) is 14.1. The minimum Gasteiger partial charge on any atom is -0.299 e. The maximum absolute atomic E-state index is 16.3. The van der Waals surface area contributed by atoms with Gasteiger partial charge in [0.25, 0.3) is 0 Å². The van der Waals surface area contributed by atoms with Gasteiger partial charge in [0.1, 0.15) is 17.5 Å². The Balaban J connectivity index is 0.00000150. The van der Waals surface area contributed by atoms with Crippen molar-refractivity contribution in [2.45, 2.75) is 126 Å². The lowest BCUT2D eigenvalue weighted by Gasteiger charge is -2.25. The van der Waals surface area contributed by atoms with Crippen molar-refractivity contribution in [3.63, 3.8) is 0 Å². The molecular weight excluding hydrogens is 703 g/mol. The third kappa shape index (κ3) is 8.71. The third-order valence-electron chi connectivity index (χ3n) is 11.7. The van der Waals surface area contributed by atoms with E-state index in [9.17, 15) is 0 Å². The highest BCUT2D eigenvalue weighted by molar-refractivity contribution is 5.79. The summed E-state index contributed by atoms with van der Waals surface area (Å²) in [6, 6.07) is 30.3. The van der Waals surface area contributed by atoms with Crippen molar-refractivity contribution < 1.29 is 8.78 Å². The molecule has 2 atom stereocenters. The van der Waals surface area contributed by atoms with E-state index >= 15 is 8.78 Å². The molecule has 1 fully saturated rings. The molecule has 5 aromatic carbocycles. The van der Waals surface area contributed by atoms with Gasteiger partial charge in [-0.2, -0.15) is 0 Å². The van der Waals surface area contributed by atoms with Crippen molar-refractivity contribution in [3.8, 4) is 50.5 Å². The Hall–Kier alpha value is -4.83. The van der Waals surface area contributed by atoms with E-state index in [4.69, 9.17) is 4.98 Å². The van der Waals surface area contributed by atoms with E-state index in [2.05, 4.69) is 127 Å². The van der Waals surface area contributed by atoms with Crippen molar-refractivity contribution in [2.24, 2.45) is 5.92 Å². The molecule has 1 aliphatic rings. The zero-order chi connectivity index (χ0) is 41.6. The maximum atomic E-state index is 16.3. The van der Waals surface area contributed by atoms with Gasteiger partial charge in [-0.05, 0) is 123 Å². The summed E-state index contributed by atoms with van der Waals surface area (Å²) >= 11 is 0. The first-order chi connectivity index (χ1) is 27.5. The van der Waals surface area contributed by atoms with Crippen LogP contribution >= 0.6 is 0 Å². The normalized spacial score (nSPS) is 15.9. The second-order valence-corrected chi connectivity index (χ2v) is 15.8. The minimum atomic E-state index is -0.437. The van der Waals surface area contributed by atoms with Crippen molar-refractivity contribution >= 4 is 0 Å². The van der Waals surface area contributed by atoms with E-state index in [1.807, 2.05) is 52.1 Å². The molecule has 1 saturated carbocycles. The second-order valence-electron chi connectivity index (χ2n) is 15.8. The molecule has 1 heterocycles. The Morgan fingerprint density at radius 3 is 1.72 bits per heavy atom. The maximum Gasteiger partial charge on any atom is 0.144 e. The van der Waals surface area contributed by atoms with Gasteiger partial charge >= 0.3 is 0 Å². The van der Waals surface area contributed by atoms with Crippen molar-refractivity contribution in [2.75, 3.05) is 0 Å². The van der Waals surface area contributed by atoms with Gasteiger partial charge in [-0.3, -0.25) is 4.57 Å². The number of aryl methyl sites for hydroxylation is 2. The van der Waals surface area contributed by atoms with Crippen molar-refractivity contribution in [1.29, 1.82) is 0 Å². The molecule has 1 aromatic heterocycles. The molecule has 0 saturated heterocycles. The molecule has 6 aromatic rings. The highest BCUT2D eigenvalue weighted by Gasteiger charge is 2.51. The van der Waals surface area contributed by atoms with Gasteiger partial charge in [-0.15, -0.1) is 0 Å². The molecule has 57 heavy (non-hydrogen) atoms. The number of aromatic nitrogens is 2. The summed E-state index contributed by atoms with van der Waals surface area (Å²) in [6.45, 7) is 25.8. The fourth-order valence-electron chi connectivity index (χ4n) is 8.41. The predicted octanol–water partition coefficient (Wildman–Crippen LogP) is 15.9. The van der Waals surface area contributed by atoms with Crippen molar-refractivity contribution in [3.05, 3.63) is 143 Å². The Morgan fingerprint density at radius 1 is 0.649 bits per heavy atom. The molecular formula is C53H64F2N2. The molecule has 0 bridgehead atoms. The van der Waals surface area contributed by atoms with Gasteiger partial charge in [-0.25, -0.2) is 13.8 Å². The van der Waals surface area contributed by atoms with Crippen LogP contribution in [-0.2, 0) is 18.3 Å². The monoisotopic (exact) mass is 767 g/mol. The standard InChI is InChI=1S/C49H52F2N2.2C2H6/c1-9-32-21-33(10-2)23-37(22-32)42-28-45(50)41(27-46(42)51)35-17-18-44(49(8)29-38(49)11-3)43(24-35)48-52-19-20-53(48)47-39(30(4)5)25-36(26-40(47)31(6)7)34-15-13-12-14-16-34;2*1-2/h12-28,30-31,38H,9-11,29H2,1-8H3;2*1-2H3/t38-,49?;;/m0../s1. The number of halogens is 2. The molecule has 0 radical (unpaired) electrons. The minimum absolute atomic E-state index is 0.0206. The summed E-state index contributed by atoms with van der Waals surface area (Å²) in [6.07, 6.45) is 7.78. The molecule has 0 spiro atoms. The van der Waals surface area contributed by atoms with Crippen LogP contribution in [0.2, 0.25) is 0 Å². The fraction of sp³-hybridized carbons (Fsp3) is 0.377. The lowest BCUT2D eigenvalue weighted by Crippen LogP contribution is -2.12. The zero-order valence-electron chi connectivity index (χ0n) is 36.5. The molecule has 1 aliphatic carbocycles. The van der Waals surface area contributed by atoms with E-state index in [-0.39, 0.29) is 22.8 Å². The molecule has 4 heteroatoms. The number of hydrogen-bond donors (Lipinski definition) is 0. The molecule has 0 aliphatic heterocycles. The first-order valence-electron chi connectivity index (χ1n) is 21.5. The van der Waals surface area contributed by atoms with Crippen LogP contribution < -0.4 is 0 Å². The van der Waals surface area contributed by atoms with Crippen LogP contribution in [0.3, 0.4) is 0 Å². The number of nitrogens with zero attached hydrogens (tertiary/aromatic N) is 2. The lowest BCUT2D eigenvalue weighted by molar-refractivity contribution is 0.606. The summed E-state index contributed by atoms with van der Waals surface area (Å²) in [5.41, 5.74) is 12.3. The average molecular weight is 767 g/mol. The summed E-state index contributed by atoms with van der Waals surface area (Å²) in [4.78, 5) is 5.05. The molecule has 7 rings (SSSR count). The topological polar surface area (TPSA) is 17.8 Å². The van der Waals surface area contributed by atoms with Crippen LogP contribution in [-0.4, -0.2) is 9.55 Å². The highest BCUT2D eigenvalue weighted by atomic mass is 19.1. The molecule has 0 amide bonds. The van der Waals surface area contributed by atoms with Crippen LogP contribution in [0.15, 0.2) is 103 Å². The van der Waals surface area contributed by atoms with E-state index in [0.717, 1.165) is 59.4 Å². The van der Waals surface area contributed by atoms with Crippen LogP contribution in [0.25, 0.3) is 50.5 Å². The average Bonchev–Trinajstić information content (AvgIpc) is 3.68. The fourth-order valence-corrected chi connectivity index (χ4v) is 8.41. The Labute approximate surface area is 342 Å². The van der Waals surface area contributed by atoms with E-state index in [1.54, 1.807) is 0 Å². The number of hydrogen-bond acceptors (Lipinski definition) is 1. The highest BCUT2D eigenvalue weighted by Crippen LogP contribution is 2.58.